The molecule has 1 amide bonds. The number of hydrogen-bond donors (Lipinski definition) is 3. The van der Waals surface area contributed by atoms with E-state index in [1.165, 1.54) is 6.07 Å². The minimum Gasteiger partial charge on any atom is -0.481 e. The molecule has 0 bridgehead atoms. The lowest BCUT2D eigenvalue weighted by atomic mass is 9.76. The molecule has 6 heteroatoms. The summed E-state index contributed by atoms with van der Waals surface area (Å²) in [4.78, 5) is 23.0. The van der Waals surface area contributed by atoms with Crippen LogP contribution >= 0.6 is 0 Å². The number of hydrogen-bond acceptors (Lipinski definition) is 3. The van der Waals surface area contributed by atoms with Gasteiger partial charge in [-0.2, -0.15) is 0 Å². The first-order valence-corrected chi connectivity index (χ1v) is 9.35. The third-order valence-corrected chi connectivity index (χ3v) is 5.46. The molecular formula is C22H21FN2O3. The molecule has 0 fully saturated rings. The maximum absolute atomic E-state index is 13.7. The number of carbonyl (C=O) groups excluding carboxylic acids is 1. The minimum absolute atomic E-state index is 0.00144. The second-order valence-electron chi connectivity index (χ2n) is 7.23. The number of amides is 1. The fourth-order valence-corrected chi connectivity index (χ4v) is 4.15. The van der Waals surface area contributed by atoms with Gasteiger partial charge < -0.3 is 15.7 Å². The predicted molar refractivity (Wildman–Crippen MR) is 104 cm³/mol. The molecule has 1 aliphatic carbocycles. The summed E-state index contributed by atoms with van der Waals surface area (Å²) in [6.07, 6.45) is 5.06. The molecule has 5 nitrogen and oxygen atoms in total. The first kappa shape index (κ1) is 18.2. The van der Waals surface area contributed by atoms with E-state index in [0.717, 1.165) is 23.2 Å². The van der Waals surface area contributed by atoms with E-state index in [2.05, 4.69) is 22.8 Å². The SMILES string of the molecule is O=C(O)CCNC(=O)c1ccc2c(c1)[C@@H]1C=CC[C@@H]1[C@H](c1cccc(F)c1)N2. The van der Waals surface area contributed by atoms with Crippen molar-refractivity contribution in [1.82, 2.24) is 5.32 Å². The van der Waals surface area contributed by atoms with Crippen LogP contribution in [-0.4, -0.2) is 23.5 Å². The monoisotopic (exact) mass is 380 g/mol. The molecule has 0 saturated heterocycles. The molecule has 0 unspecified atom stereocenters. The molecule has 0 radical (unpaired) electrons. The Morgan fingerprint density at radius 1 is 1.21 bits per heavy atom. The van der Waals surface area contributed by atoms with Gasteiger partial charge in [-0.15, -0.1) is 0 Å². The van der Waals surface area contributed by atoms with E-state index < -0.39 is 5.97 Å². The Kier molecular flexibility index (Phi) is 4.86. The highest BCUT2D eigenvalue weighted by Crippen LogP contribution is 2.49. The summed E-state index contributed by atoms with van der Waals surface area (Å²) in [7, 11) is 0. The first-order chi connectivity index (χ1) is 13.5. The molecule has 4 rings (SSSR count). The van der Waals surface area contributed by atoms with Crippen molar-refractivity contribution in [3.63, 3.8) is 0 Å². The first-order valence-electron chi connectivity index (χ1n) is 9.35. The smallest absolute Gasteiger partial charge is 0.305 e. The van der Waals surface area contributed by atoms with E-state index in [-0.39, 0.29) is 42.6 Å². The molecular weight excluding hydrogens is 359 g/mol. The minimum atomic E-state index is -0.947. The Hall–Kier alpha value is -3.15. The van der Waals surface area contributed by atoms with E-state index in [4.69, 9.17) is 5.11 Å². The van der Waals surface area contributed by atoms with Crippen LogP contribution in [-0.2, 0) is 4.79 Å². The molecule has 0 spiro atoms. The molecule has 3 N–H and O–H groups in total. The molecule has 144 valence electrons. The Morgan fingerprint density at radius 2 is 2.07 bits per heavy atom. The van der Waals surface area contributed by atoms with Crippen molar-refractivity contribution in [2.75, 3.05) is 11.9 Å². The van der Waals surface area contributed by atoms with Gasteiger partial charge in [0.05, 0.1) is 12.5 Å². The van der Waals surface area contributed by atoms with E-state index >= 15 is 0 Å². The zero-order chi connectivity index (χ0) is 19.7. The summed E-state index contributed by atoms with van der Waals surface area (Å²) in [5.41, 5.74) is 3.40. The van der Waals surface area contributed by atoms with Gasteiger partial charge in [-0.1, -0.05) is 24.3 Å². The second-order valence-corrected chi connectivity index (χ2v) is 7.23. The van der Waals surface area contributed by atoms with E-state index in [0.29, 0.717) is 5.56 Å². The second kappa shape index (κ2) is 7.46. The average molecular weight is 380 g/mol. The normalized spacial score (nSPS) is 22.1. The van der Waals surface area contributed by atoms with Crippen LogP contribution < -0.4 is 10.6 Å². The Labute approximate surface area is 162 Å². The number of benzene rings is 2. The average Bonchev–Trinajstić information content (AvgIpc) is 3.16. The topological polar surface area (TPSA) is 78.4 Å². The van der Waals surface area contributed by atoms with E-state index in [9.17, 15) is 14.0 Å². The molecule has 2 aromatic rings. The number of aliphatic carboxylic acids is 1. The summed E-state index contributed by atoms with van der Waals surface area (Å²) < 4.78 is 13.7. The highest BCUT2D eigenvalue weighted by molar-refractivity contribution is 5.95. The highest BCUT2D eigenvalue weighted by Gasteiger charge is 2.38. The number of carboxylic acid groups (broad SMARTS) is 1. The van der Waals surface area contributed by atoms with Crippen LogP contribution in [0.3, 0.4) is 0 Å². The fourth-order valence-electron chi connectivity index (χ4n) is 4.15. The van der Waals surface area contributed by atoms with Gasteiger partial charge in [-0.3, -0.25) is 9.59 Å². The Balaban J connectivity index is 1.60. The van der Waals surface area contributed by atoms with Crippen LogP contribution in [0.4, 0.5) is 10.1 Å². The number of fused-ring (bicyclic) bond motifs is 3. The molecule has 1 heterocycles. The standard InChI is InChI=1S/C22H21FN2O3/c23-15-4-1-3-13(11-15)21-17-6-2-5-16(17)18-12-14(7-8-19(18)25-21)22(28)24-10-9-20(26)27/h1-5,7-8,11-12,16-17,21,25H,6,9-10H2,(H,24,28)(H,26,27)/t16-,17+,21+/m1/s1. The number of rotatable bonds is 5. The number of nitrogens with one attached hydrogen (secondary N) is 2. The van der Waals surface area contributed by atoms with Crippen LogP contribution in [0.1, 0.15) is 46.3 Å². The van der Waals surface area contributed by atoms with Crippen molar-refractivity contribution in [2.45, 2.75) is 24.8 Å². The third kappa shape index (κ3) is 3.50. The fraction of sp³-hybridized carbons (Fsp3) is 0.273. The molecule has 2 aromatic carbocycles. The van der Waals surface area contributed by atoms with E-state index in [1.807, 2.05) is 18.2 Å². The van der Waals surface area contributed by atoms with Crippen molar-refractivity contribution < 1.29 is 19.1 Å². The largest absolute Gasteiger partial charge is 0.481 e. The van der Waals surface area contributed by atoms with Crippen molar-refractivity contribution in [1.29, 1.82) is 0 Å². The number of anilines is 1. The van der Waals surface area contributed by atoms with Crippen molar-refractivity contribution >= 4 is 17.6 Å². The van der Waals surface area contributed by atoms with Gasteiger partial charge in [-0.25, -0.2) is 4.39 Å². The van der Waals surface area contributed by atoms with Crippen LogP contribution in [0, 0.1) is 11.7 Å². The van der Waals surface area contributed by atoms with Crippen LogP contribution in [0.5, 0.6) is 0 Å². The van der Waals surface area contributed by atoms with Gasteiger partial charge in [-0.05, 0) is 53.8 Å². The molecule has 28 heavy (non-hydrogen) atoms. The molecule has 1 aliphatic heterocycles. The van der Waals surface area contributed by atoms with Gasteiger partial charge in [0.25, 0.3) is 5.91 Å². The lowest BCUT2D eigenvalue weighted by molar-refractivity contribution is -0.136. The summed E-state index contributed by atoms with van der Waals surface area (Å²) in [6, 6.07) is 12.1. The molecule has 0 aromatic heterocycles. The van der Waals surface area contributed by atoms with Crippen LogP contribution in [0.25, 0.3) is 0 Å². The predicted octanol–water partition coefficient (Wildman–Crippen LogP) is 3.86. The molecule has 3 atom stereocenters. The Morgan fingerprint density at radius 3 is 2.86 bits per heavy atom. The summed E-state index contributed by atoms with van der Waals surface area (Å²) in [5.74, 6) is -1.08. The quantitative estimate of drug-likeness (QED) is 0.689. The summed E-state index contributed by atoms with van der Waals surface area (Å²) in [5, 5.41) is 14.9. The summed E-state index contributed by atoms with van der Waals surface area (Å²) in [6.45, 7) is 0.0943. The van der Waals surface area contributed by atoms with Gasteiger partial charge in [0.2, 0.25) is 0 Å². The van der Waals surface area contributed by atoms with Crippen molar-refractivity contribution in [3.8, 4) is 0 Å². The maximum Gasteiger partial charge on any atom is 0.305 e. The van der Waals surface area contributed by atoms with Crippen molar-refractivity contribution in [2.24, 2.45) is 5.92 Å². The lowest BCUT2D eigenvalue weighted by Crippen LogP contribution is -2.30. The summed E-state index contributed by atoms with van der Waals surface area (Å²) >= 11 is 0. The lowest BCUT2D eigenvalue weighted by Gasteiger charge is -2.37. The van der Waals surface area contributed by atoms with Crippen LogP contribution in [0.2, 0.25) is 0 Å². The van der Waals surface area contributed by atoms with E-state index in [1.54, 1.807) is 18.2 Å². The third-order valence-electron chi connectivity index (χ3n) is 5.46. The Bertz CT molecular complexity index is 957. The van der Waals surface area contributed by atoms with Gasteiger partial charge in [0.1, 0.15) is 5.82 Å². The highest BCUT2D eigenvalue weighted by atomic mass is 19.1. The molecule has 2 aliphatic rings. The van der Waals surface area contributed by atoms with Gasteiger partial charge >= 0.3 is 5.97 Å². The number of halogens is 1. The number of allylic oxidation sites excluding steroid dienone is 2. The maximum atomic E-state index is 13.7. The van der Waals surface area contributed by atoms with Gasteiger partial charge in [0, 0.05) is 23.7 Å². The van der Waals surface area contributed by atoms with Crippen molar-refractivity contribution in [3.05, 3.63) is 77.1 Å². The number of carbonyl (C=O) groups is 2. The van der Waals surface area contributed by atoms with Gasteiger partial charge in [0.15, 0.2) is 0 Å². The zero-order valence-electron chi connectivity index (χ0n) is 15.2. The number of carboxylic acids is 1. The zero-order valence-corrected chi connectivity index (χ0v) is 15.2. The molecule has 0 saturated carbocycles. The van der Waals surface area contributed by atoms with Crippen LogP contribution in [0.15, 0.2) is 54.6 Å².